The molecule has 0 radical (unpaired) electrons. The van der Waals surface area contributed by atoms with Crippen LogP contribution in [0.25, 0.3) is 0 Å². The molecule has 60 valence electrons. The van der Waals surface area contributed by atoms with Crippen molar-refractivity contribution < 1.29 is 14.6 Å². The summed E-state index contributed by atoms with van der Waals surface area (Å²) in [4.78, 5) is 10.3. The highest BCUT2D eigenvalue weighted by Crippen LogP contribution is 1.98. The Balaban J connectivity index is 3.50. The molecule has 1 N–H and O–H groups in total. The van der Waals surface area contributed by atoms with Crippen molar-refractivity contribution >= 4 is 5.97 Å². The van der Waals surface area contributed by atoms with Crippen LogP contribution in [0.3, 0.4) is 0 Å². The Morgan fingerprint density at radius 1 is 1.60 bits per heavy atom. The molecule has 0 aromatic carbocycles. The molecule has 0 aliphatic carbocycles. The molecule has 0 aliphatic heterocycles. The fraction of sp³-hybridized carbons (Fsp3) is 0.857. The van der Waals surface area contributed by atoms with E-state index in [0.29, 0.717) is 13.0 Å². The second-order valence-corrected chi connectivity index (χ2v) is 2.11. The Morgan fingerprint density at radius 3 is 2.50 bits per heavy atom. The fourth-order valence-electron chi connectivity index (χ4n) is 0.624. The third-order valence-electron chi connectivity index (χ3n) is 1.17. The van der Waals surface area contributed by atoms with E-state index in [0.717, 1.165) is 6.42 Å². The molecule has 0 saturated carbocycles. The lowest BCUT2D eigenvalue weighted by molar-refractivity contribution is -0.150. The molecule has 3 heteroatoms. The third-order valence-corrected chi connectivity index (χ3v) is 1.17. The van der Waals surface area contributed by atoms with Gasteiger partial charge >= 0.3 is 5.97 Å². The van der Waals surface area contributed by atoms with Crippen LogP contribution in [0, 0.1) is 0 Å². The maximum atomic E-state index is 10.3. The lowest BCUT2D eigenvalue weighted by atomic mass is 10.3. The van der Waals surface area contributed by atoms with Crippen molar-refractivity contribution in [3.63, 3.8) is 0 Å². The van der Waals surface area contributed by atoms with E-state index in [1.165, 1.54) is 0 Å². The van der Waals surface area contributed by atoms with E-state index in [9.17, 15) is 4.79 Å². The van der Waals surface area contributed by atoms with Crippen molar-refractivity contribution in [2.24, 2.45) is 0 Å². The summed E-state index contributed by atoms with van der Waals surface area (Å²) in [5.41, 5.74) is 0. The first-order valence-corrected chi connectivity index (χ1v) is 3.56. The SMILES string of the molecule is CCCO[C@H](CC)C(=O)O. The summed E-state index contributed by atoms with van der Waals surface area (Å²) in [5.74, 6) is -0.865. The van der Waals surface area contributed by atoms with Crippen molar-refractivity contribution in [2.45, 2.75) is 32.8 Å². The molecule has 10 heavy (non-hydrogen) atoms. The van der Waals surface area contributed by atoms with Crippen molar-refractivity contribution in [1.29, 1.82) is 0 Å². The smallest absolute Gasteiger partial charge is 0.332 e. The highest BCUT2D eigenvalue weighted by atomic mass is 16.5. The van der Waals surface area contributed by atoms with Gasteiger partial charge in [-0.05, 0) is 12.8 Å². The van der Waals surface area contributed by atoms with E-state index in [4.69, 9.17) is 9.84 Å². The first-order chi connectivity index (χ1) is 4.72. The Morgan fingerprint density at radius 2 is 2.20 bits per heavy atom. The number of carbonyl (C=O) groups is 1. The Hall–Kier alpha value is -0.570. The summed E-state index contributed by atoms with van der Waals surface area (Å²) in [6, 6.07) is 0. The lowest BCUT2D eigenvalue weighted by Gasteiger charge is -2.09. The number of carboxylic acids is 1. The standard InChI is InChI=1S/C7H14O3/c1-3-5-10-6(4-2)7(8)9/h6H,3-5H2,1-2H3,(H,8,9)/t6-/m1/s1. The average Bonchev–Trinajstić information content (AvgIpc) is 1.89. The normalized spacial score (nSPS) is 13.0. The predicted molar refractivity (Wildman–Crippen MR) is 38.0 cm³/mol. The number of aliphatic carboxylic acids is 1. The molecule has 0 rings (SSSR count). The summed E-state index contributed by atoms with van der Waals surface area (Å²) >= 11 is 0. The molecule has 3 nitrogen and oxygen atoms in total. The van der Waals surface area contributed by atoms with Crippen LogP contribution in [-0.2, 0) is 9.53 Å². The van der Waals surface area contributed by atoms with Crippen LogP contribution >= 0.6 is 0 Å². The van der Waals surface area contributed by atoms with Crippen LogP contribution in [0.15, 0.2) is 0 Å². The van der Waals surface area contributed by atoms with Crippen LogP contribution in [0.2, 0.25) is 0 Å². The van der Waals surface area contributed by atoms with Crippen molar-refractivity contribution in [1.82, 2.24) is 0 Å². The molecule has 0 aromatic rings. The summed E-state index contributed by atoms with van der Waals surface area (Å²) in [5, 5.41) is 8.47. The van der Waals surface area contributed by atoms with E-state index >= 15 is 0 Å². The molecule has 0 heterocycles. The quantitative estimate of drug-likeness (QED) is 0.635. The first-order valence-electron chi connectivity index (χ1n) is 3.56. The van der Waals surface area contributed by atoms with Crippen LogP contribution < -0.4 is 0 Å². The zero-order chi connectivity index (χ0) is 7.98. The van der Waals surface area contributed by atoms with E-state index in [1.54, 1.807) is 6.92 Å². The first kappa shape index (κ1) is 9.43. The Bertz CT molecular complexity index is 101. The lowest BCUT2D eigenvalue weighted by Crippen LogP contribution is -2.23. The van der Waals surface area contributed by atoms with Crippen LogP contribution in [0.4, 0.5) is 0 Å². The molecule has 0 bridgehead atoms. The summed E-state index contributed by atoms with van der Waals surface area (Å²) in [6.45, 7) is 4.29. The highest BCUT2D eigenvalue weighted by molar-refractivity contribution is 5.72. The Labute approximate surface area is 61.0 Å². The number of hydrogen-bond donors (Lipinski definition) is 1. The van der Waals surface area contributed by atoms with Crippen molar-refractivity contribution in [3.8, 4) is 0 Å². The van der Waals surface area contributed by atoms with Crippen molar-refractivity contribution in [2.75, 3.05) is 6.61 Å². The van der Waals surface area contributed by atoms with Crippen molar-refractivity contribution in [3.05, 3.63) is 0 Å². The number of ether oxygens (including phenoxy) is 1. The maximum Gasteiger partial charge on any atom is 0.332 e. The van der Waals surface area contributed by atoms with Gasteiger partial charge in [0.1, 0.15) is 0 Å². The predicted octanol–water partition coefficient (Wildman–Crippen LogP) is 1.28. The molecular formula is C7H14O3. The zero-order valence-corrected chi connectivity index (χ0v) is 6.46. The van der Waals surface area contributed by atoms with Gasteiger partial charge in [0.25, 0.3) is 0 Å². The van der Waals surface area contributed by atoms with Gasteiger partial charge in [0.15, 0.2) is 6.10 Å². The van der Waals surface area contributed by atoms with Gasteiger partial charge in [-0.1, -0.05) is 13.8 Å². The van der Waals surface area contributed by atoms with Gasteiger partial charge < -0.3 is 9.84 Å². The van der Waals surface area contributed by atoms with E-state index in [-0.39, 0.29) is 0 Å². The minimum absolute atomic E-state index is 0.533. The molecule has 0 aliphatic rings. The van der Waals surface area contributed by atoms with E-state index in [2.05, 4.69) is 0 Å². The summed E-state index contributed by atoms with van der Waals surface area (Å²) in [6.07, 6.45) is 0.791. The Kier molecular flexibility index (Phi) is 4.94. The molecule has 0 unspecified atom stereocenters. The van der Waals surface area contributed by atoms with Crippen LogP contribution in [0.1, 0.15) is 26.7 Å². The minimum Gasteiger partial charge on any atom is -0.479 e. The zero-order valence-electron chi connectivity index (χ0n) is 6.46. The summed E-state index contributed by atoms with van der Waals surface area (Å²) < 4.78 is 5.00. The second-order valence-electron chi connectivity index (χ2n) is 2.11. The third kappa shape index (κ3) is 3.45. The molecule has 0 fully saturated rings. The van der Waals surface area contributed by atoms with Gasteiger partial charge in [-0.25, -0.2) is 4.79 Å². The van der Waals surface area contributed by atoms with Crippen LogP contribution in [0.5, 0.6) is 0 Å². The van der Waals surface area contributed by atoms with Gasteiger partial charge in [0.05, 0.1) is 0 Å². The molecule has 0 saturated heterocycles. The molecule has 0 spiro atoms. The van der Waals surface area contributed by atoms with Gasteiger partial charge in [-0.15, -0.1) is 0 Å². The monoisotopic (exact) mass is 146 g/mol. The highest BCUT2D eigenvalue weighted by Gasteiger charge is 2.13. The summed E-state index contributed by atoms with van der Waals surface area (Å²) in [7, 11) is 0. The average molecular weight is 146 g/mol. The number of rotatable bonds is 5. The molecule has 0 aromatic heterocycles. The van der Waals surface area contributed by atoms with Gasteiger partial charge in [0.2, 0.25) is 0 Å². The van der Waals surface area contributed by atoms with E-state index in [1.807, 2.05) is 6.92 Å². The van der Waals surface area contributed by atoms with Gasteiger partial charge in [0, 0.05) is 6.61 Å². The number of carboxylic acid groups (broad SMARTS) is 1. The largest absolute Gasteiger partial charge is 0.479 e. The maximum absolute atomic E-state index is 10.3. The van der Waals surface area contributed by atoms with Crippen LogP contribution in [-0.4, -0.2) is 23.8 Å². The van der Waals surface area contributed by atoms with Gasteiger partial charge in [-0.2, -0.15) is 0 Å². The fourth-order valence-corrected chi connectivity index (χ4v) is 0.624. The minimum atomic E-state index is -0.865. The number of hydrogen-bond acceptors (Lipinski definition) is 2. The molecular weight excluding hydrogens is 132 g/mol. The topological polar surface area (TPSA) is 46.5 Å². The second kappa shape index (κ2) is 5.23. The molecule has 0 amide bonds. The van der Waals surface area contributed by atoms with Gasteiger partial charge in [-0.3, -0.25) is 0 Å². The van der Waals surface area contributed by atoms with E-state index < -0.39 is 12.1 Å². The molecule has 1 atom stereocenters.